The average molecular weight is 290 g/mol. The standard InChI is InChI=1S/C15H18N2O4/c1-15(2,3)8-21-13(18)12-6-9-4-5-10(16)7-11(9)17(12)14(19)20/h4-7H,8,16H2,1-3H3,(H,19,20). The van der Waals surface area contributed by atoms with Crippen LogP contribution in [0.4, 0.5) is 10.5 Å². The molecule has 0 fully saturated rings. The molecule has 6 nitrogen and oxygen atoms in total. The number of hydrogen-bond acceptors (Lipinski definition) is 4. The molecule has 0 aliphatic carbocycles. The van der Waals surface area contributed by atoms with E-state index in [9.17, 15) is 14.7 Å². The highest BCUT2D eigenvalue weighted by Crippen LogP contribution is 2.23. The van der Waals surface area contributed by atoms with Crippen molar-refractivity contribution in [2.75, 3.05) is 12.3 Å². The molecule has 0 unspecified atom stereocenters. The number of anilines is 1. The Hall–Kier alpha value is -2.50. The molecule has 0 amide bonds. The van der Waals surface area contributed by atoms with Gasteiger partial charge in [0.15, 0.2) is 0 Å². The molecule has 112 valence electrons. The van der Waals surface area contributed by atoms with Crippen molar-refractivity contribution in [3.63, 3.8) is 0 Å². The van der Waals surface area contributed by atoms with Crippen LogP contribution in [0.15, 0.2) is 24.3 Å². The predicted octanol–water partition coefficient (Wildman–Crippen LogP) is 2.95. The van der Waals surface area contributed by atoms with Crippen LogP contribution in [0.5, 0.6) is 0 Å². The summed E-state index contributed by atoms with van der Waals surface area (Å²) >= 11 is 0. The van der Waals surface area contributed by atoms with Crippen LogP contribution in [-0.4, -0.2) is 28.3 Å². The lowest BCUT2D eigenvalue weighted by molar-refractivity contribution is 0.0355. The molecule has 3 N–H and O–H groups in total. The van der Waals surface area contributed by atoms with Crippen LogP contribution in [0.25, 0.3) is 10.9 Å². The highest BCUT2D eigenvalue weighted by atomic mass is 16.5. The molecular weight excluding hydrogens is 272 g/mol. The van der Waals surface area contributed by atoms with Crippen molar-refractivity contribution in [2.45, 2.75) is 20.8 Å². The smallest absolute Gasteiger partial charge is 0.416 e. The van der Waals surface area contributed by atoms with Crippen molar-refractivity contribution < 1.29 is 19.4 Å². The summed E-state index contributed by atoms with van der Waals surface area (Å²) in [5.41, 5.74) is 6.25. The molecule has 2 aromatic rings. The normalized spacial score (nSPS) is 11.6. The van der Waals surface area contributed by atoms with E-state index in [4.69, 9.17) is 10.5 Å². The molecule has 0 saturated heterocycles. The second-order valence-electron chi connectivity index (χ2n) is 6.10. The van der Waals surface area contributed by atoms with E-state index in [0.29, 0.717) is 16.6 Å². The van der Waals surface area contributed by atoms with Gasteiger partial charge < -0.3 is 15.6 Å². The molecule has 0 bridgehead atoms. The Labute approximate surface area is 122 Å². The number of carbonyl (C=O) groups is 2. The van der Waals surface area contributed by atoms with Gasteiger partial charge in [-0.3, -0.25) is 0 Å². The number of fused-ring (bicyclic) bond motifs is 1. The van der Waals surface area contributed by atoms with E-state index in [1.807, 2.05) is 20.8 Å². The topological polar surface area (TPSA) is 94.5 Å². The van der Waals surface area contributed by atoms with Gasteiger partial charge in [0.05, 0.1) is 12.1 Å². The van der Waals surface area contributed by atoms with Gasteiger partial charge >= 0.3 is 12.1 Å². The first kappa shape index (κ1) is 14.9. The first-order chi connectivity index (χ1) is 9.69. The van der Waals surface area contributed by atoms with Crippen LogP contribution in [0, 0.1) is 5.41 Å². The van der Waals surface area contributed by atoms with Gasteiger partial charge in [0.2, 0.25) is 0 Å². The summed E-state index contributed by atoms with van der Waals surface area (Å²) in [6.07, 6.45) is -1.25. The Bertz CT molecular complexity index is 710. The Morgan fingerprint density at radius 2 is 1.95 bits per heavy atom. The van der Waals surface area contributed by atoms with Gasteiger partial charge in [0.25, 0.3) is 0 Å². The zero-order valence-electron chi connectivity index (χ0n) is 12.2. The van der Waals surface area contributed by atoms with Crippen molar-refractivity contribution in [1.82, 2.24) is 4.57 Å². The maximum atomic E-state index is 12.1. The predicted molar refractivity (Wildman–Crippen MR) is 79.5 cm³/mol. The third-order valence-electron chi connectivity index (χ3n) is 2.87. The lowest BCUT2D eigenvalue weighted by Gasteiger charge is -2.17. The number of nitrogen functional groups attached to an aromatic ring is 1. The van der Waals surface area contributed by atoms with Crippen molar-refractivity contribution in [1.29, 1.82) is 0 Å². The van der Waals surface area contributed by atoms with Crippen LogP contribution in [0.1, 0.15) is 31.3 Å². The van der Waals surface area contributed by atoms with E-state index in [1.54, 1.807) is 12.1 Å². The zero-order valence-corrected chi connectivity index (χ0v) is 12.2. The maximum Gasteiger partial charge on any atom is 0.416 e. The Balaban J connectivity index is 2.46. The molecule has 0 aliphatic rings. The van der Waals surface area contributed by atoms with Crippen LogP contribution in [-0.2, 0) is 4.74 Å². The lowest BCUT2D eigenvalue weighted by Crippen LogP contribution is -2.22. The number of carboxylic acid groups (broad SMARTS) is 1. The number of aromatic nitrogens is 1. The molecule has 0 radical (unpaired) electrons. The summed E-state index contributed by atoms with van der Waals surface area (Å²) in [4.78, 5) is 23.6. The van der Waals surface area contributed by atoms with Gasteiger partial charge in [0.1, 0.15) is 5.69 Å². The Morgan fingerprint density at radius 3 is 2.52 bits per heavy atom. The van der Waals surface area contributed by atoms with Crippen molar-refractivity contribution >= 4 is 28.7 Å². The molecular formula is C15H18N2O4. The highest BCUT2D eigenvalue weighted by molar-refractivity contribution is 6.01. The number of carbonyl (C=O) groups excluding carboxylic acids is 1. The van der Waals surface area contributed by atoms with E-state index < -0.39 is 12.1 Å². The van der Waals surface area contributed by atoms with Gasteiger partial charge in [-0.1, -0.05) is 26.8 Å². The van der Waals surface area contributed by atoms with Crippen molar-refractivity contribution in [3.8, 4) is 0 Å². The van der Waals surface area contributed by atoms with Gasteiger partial charge in [-0.05, 0) is 23.6 Å². The number of rotatable bonds is 2. The number of nitrogens with zero attached hydrogens (tertiary/aromatic N) is 1. The van der Waals surface area contributed by atoms with E-state index in [1.165, 1.54) is 12.1 Å². The van der Waals surface area contributed by atoms with Crippen molar-refractivity contribution in [2.24, 2.45) is 5.41 Å². The second-order valence-corrected chi connectivity index (χ2v) is 6.10. The third-order valence-corrected chi connectivity index (χ3v) is 2.87. The van der Waals surface area contributed by atoms with E-state index >= 15 is 0 Å². The summed E-state index contributed by atoms with van der Waals surface area (Å²) in [7, 11) is 0. The maximum absolute atomic E-state index is 12.1. The number of benzene rings is 1. The van der Waals surface area contributed by atoms with Gasteiger partial charge in [-0.2, -0.15) is 0 Å². The third kappa shape index (κ3) is 3.16. The molecule has 1 aromatic heterocycles. The summed E-state index contributed by atoms with van der Waals surface area (Å²) in [5, 5.41) is 9.95. The minimum atomic E-state index is -1.25. The molecule has 2 rings (SSSR count). The summed E-state index contributed by atoms with van der Waals surface area (Å²) in [6, 6.07) is 6.33. The summed E-state index contributed by atoms with van der Waals surface area (Å²) < 4.78 is 6.09. The van der Waals surface area contributed by atoms with Crippen LogP contribution < -0.4 is 5.73 Å². The minimum Gasteiger partial charge on any atom is -0.464 e. The van der Waals surface area contributed by atoms with E-state index in [0.717, 1.165) is 4.57 Å². The molecule has 6 heteroatoms. The molecule has 0 atom stereocenters. The van der Waals surface area contributed by atoms with Gasteiger partial charge in [-0.15, -0.1) is 0 Å². The number of ether oxygens (including phenoxy) is 1. The first-order valence-electron chi connectivity index (χ1n) is 6.50. The fourth-order valence-corrected chi connectivity index (χ4v) is 1.93. The quantitative estimate of drug-likeness (QED) is 0.655. The molecule has 1 aromatic carbocycles. The summed E-state index contributed by atoms with van der Waals surface area (Å²) in [5.74, 6) is -0.665. The van der Waals surface area contributed by atoms with Gasteiger partial charge in [-0.25, -0.2) is 14.2 Å². The Kier molecular flexibility index (Phi) is 3.63. The van der Waals surface area contributed by atoms with Crippen LogP contribution >= 0.6 is 0 Å². The number of nitrogens with two attached hydrogens (primary N) is 1. The largest absolute Gasteiger partial charge is 0.464 e. The zero-order chi connectivity index (χ0) is 15.8. The van der Waals surface area contributed by atoms with E-state index in [-0.39, 0.29) is 17.7 Å². The fourth-order valence-electron chi connectivity index (χ4n) is 1.93. The number of hydrogen-bond donors (Lipinski definition) is 2. The highest BCUT2D eigenvalue weighted by Gasteiger charge is 2.22. The molecule has 0 spiro atoms. The van der Waals surface area contributed by atoms with Crippen LogP contribution in [0.3, 0.4) is 0 Å². The lowest BCUT2D eigenvalue weighted by atomic mass is 9.99. The Morgan fingerprint density at radius 1 is 1.29 bits per heavy atom. The number of esters is 1. The fraction of sp³-hybridized carbons (Fsp3) is 0.333. The molecule has 0 saturated carbocycles. The second kappa shape index (κ2) is 5.12. The van der Waals surface area contributed by atoms with Crippen LogP contribution in [0.2, 0.25) is 0 Å². The van der Waals surface area contributed by atoms with Crippen molar-refractivity contribution in [3.05, 3.63) is 30.0 Å². The van der Waals surface area contributed by atoms with Gasteiger partial charge in [0, 0.05) is 11.1 Å². The average Bonchev–Trinajstić information content (AvgIpc) is 2.73. The SMILES string of the molecule is CC(C)(C)COC(=O)c1cc2ccc(N)cc2n1C(=O)O. The monoisotopic (exact) mass is 290 g/mol. The summed E-state index contributed by atoms with van der Waals surface area (Å²) in [6.45, 7) is 5.98. The molecule has 21 heavy (non-hydrogen) atoms. The molecule has 0 aliphatic heterocycles. The first-order valence-corrected chi connectivity index (χ1v) is 6.50. The molecule has 1 heterocycles. The minimum absolute atomic E-state index is 0.0210. The van der Waals surface area contributed by atoms with E-state index in [2.05, 4.69) is 0 Å².